The molecule has 0 unspecified atom stereocenters. The average molecular weight is 310 g/mol. The topological polar surface area (TPSA) is 111 Å². The molecule has 0 fully saturated rings. The zero-order chi connectivity index (χ0) is 16.0. The molecule has 1 aromatic rings. The minimum atomic E-state index is -3.93. The highest BCUT2D eigenvalue weighted by Crippen LogP contribution is 2.25. The largest absolute Gasteiger partial charge is 0.396 e. The van der Waals surface area contributed by atoms with E-state index in [1.165, 1.54) is 6.92 Å². The Bertz CT molecular complexity index is 686. The smallest absolute Gasteiger partial charge is 0.243 e. The molecular formula is C13H15FN4O2S. The van der Waals surface area contributed by atoms with Crippen molar-refractivity contribution in [2.45, 2.75) is 24.7 Å². The van der Waals surface area contributed by atoms with E-state index >= 15 is 0 Å². The maximum Gasteiger partial charge on any atom is 0.243 e. The van der Waals surface area contributed by atoms with Crippen molar-refractivity contribution < 1.29 is 12.8 Å². The maximum atomic E-state index is 13.3. The van der Waals surface area contributed by atoms with Crippen LogP contribution in [0.3, 0.4) is 0 Å². The van der Waals surface area contributed by atoms with E-state index < -0.39 is 15.8 Å². The van der Waals surface area contributed by atoms with Gasteiger partial charge >= 0.3 is 0 Å². The Morgan fingerprint density at radius 2 is 1.76 bits per heavy atom. The lowest BCUT2D eigenvalue weighted by Gasteiger charge is -2.21. The number of nitrogens with two attached hydrogens (primary N) is 1. The van der Waals surface area contributed by atoms with E-state index in [9.17, 15) is 12.8 Å². The van der Waals surface area contributed by atoms with E-state index in [-0.39, 0.29) is 42.1 Å². The third-order valence-corrected chi connectivity index (χ3v) is 4.90. The van der Waals surface area contributed by atoms with Crippen LogP contribution in [0.2, 0.25) is 0 Å². The zero-order valence-corrected chi connectivity index (χ0v) is 12.3. The van der Waals surface area contributed by atoms with Crippen LogP contribution in [0, 0.1) is 35.4 Å². The van der Waals surface area contributed by atoms with Crippen molar-refractivity contribution in [3.8, 4) is 12.1 Å². The number of sulfonamides is 1. The van der Waals surface area contributed by atoms with Crippen molar-refractivity contribution in [2.24, 2.45) is 0 Å². The summed E-state index contributed by atoms with van der Waals surface area (Å²) in [6.07, 6.45) is 0.000760. The van der Waals surface area contributed by atoms with Gasteiger partial charge in [0, 0.05) is 25.9 Å². The maximum absolute atomic E-state index is 13.3. The highest BCUT2D eigenvalue weighted by Gasteiger charge is 2.26. The Morgan fingerprint density at radius 3 is 2.24 bits per heavy atom. The summed E-state index contributed by atoms with van der Waals surface area (Å²) >= 11 is 0. The molecule has 0 amide bonds. The molecule has 0 radical (unpaired) electrons. The fourth-order valence-electron chi connectivity index (χ4n) is 1.79. The number of benzene rings is 1. The van der Waals surface area contributed by atoms with Crippen molar-refractivity contribution in [3.05, 3.63) is 23.5 Å². The molecule has 0 aliphatic rings. The van der Waals surface area contributed by atoms with E-state index in [2.05, 4.69) is 0 Å². The summed E-state index contributed by atoms with van der Waals surface area (Å²) in [4.78, 5) is -0.114. The van der Waals surface area contributed by atoms with Crippen molar-refractivity contribution in [2.75, 3.05) is 18.8 Å². The lowest BCUT2D eigenvalue weighted by atomic mass is 10.2. The van der Waals surface area contributed by atoms with E-state index in [0.717, 1.165) is 16.4 Å². The van der Waals surface area contributed by atoms with Crippen LogP contribution in [0.25, 0.3) is 0 Å². The van der Waals surface area contributed by atoms with Gasteiger partial charge in [0.15, 0.2) is 0 Å². The molecule has 1 rings (SSSR count). The molecule has 112 valence electrons. The monoisotopic (exact) mass is 310 g/mol. The van der Waals surface area contributed by atoms with Gasteiger partial charge in [0.2, 0.25) is 10.0 Å². The second kappa shape index (κ2) is 7.02. The fourth-order valence-corrected chi connectivity index (χ4v) is 3.47. The van der Waals surface area contributed by atoms with Gasteiger partial charge in [0.25, 0.3) is 0 Å². The number of rotatable bonds is 6. The first-order chi connectivity index (χ1) is 9.84. The van der Waals surface area contributed by atoms with Crippen LogP contribution in [0.4, 0.5) is 10.1 Å². The molecule has 8 heteroatoms. The van der Waals surface area contributed by atoms with Gasteiger partial charge in [-0.15, -0.1) is 0 Å². The van der Waals surface area contributed by atoms with Crippen molar-refractivity contribution in [1.82, 2.24) is 4.31 Å². The molecule has 0 bridgehead atoms. The van der Waals surface area contributed by atoms with Crippen molar-refractivity contribution in [3.63, 3.8) is 0 Å². The van der Waals surface area contributed by atoms with E-state index in [1.54, 1.807) is 0 Å². The normalized spacial score (nSPS) is 11.1. The summed E-state index contributed by atoms with van der Waals surface area (Å²) in [5, 5.41) is 17.2. The first-order valence-corrected chi connectivity index (χ1v) is 7.58. The Labute approximate surface area is 123 Å². The van der Waals surface area contributed by atoms with Gasteiger partial charge in [-0.2, -0.15) is 14.8 Å². The molecule has 0 aliphatic heterocycles. The summed E-state index contributed by atoms with van der Waals surface area (Å²) in [6, 6.07) is 5.83. The zero-order valence-electron chi connectivity index (χ0n) is 11.5. The van der Waals surface area contributed by atoms with Gasteiger partial charge in [-0.05, 0) is 24.6 Å². The minimum absolute atomic E-state index is 0.000380. The Kier molecular flexibility index (Phi) is 5.65. The molecule has 0 aliphatic carbocycles. The van der Waals surface area contributed by atoms with E-state index in [1.807, 2.05) is 12.1 Å². The second-order valence-corrected chi connectivity index (χ2v) is 6.27. The lowest BCUT2D eigenvalue weighted by molar-refractivity contribution is 0.424. The number of anilines is 1. The number of nitrogens with zero attached hydrogens (tertiary/aromatic N) is 3. The van der Waals surface area contributed by atoms with E-state index in [0.29, 0.717) is 0 Å². The molecule has 2 N–H and O–H groups in total. The third-order valence-electron chi connectivity index (χ3n) is 2.86. The number of hydrogen-bond donors (Lipinski definition) is 1. The number of halogens is 1. The van der Waals surface area contributed by atoms with Crippen LogP contribution in [0.5, 0.6) is 0 Å². The van der Waals surface area contributed by atoms with Gasteiger partial charge in [-0.1, -0.05) is 0 Å². The number of nitriles is 2. The molecule has 0 saturated carbocycles. The van der Waals surface area contributed by atoms with Crippen LogP contribution in [-0.2, 0) is 10.0 Å². The van der Waals surface area contributed by atoms with Crippen LogP contribution in [-0.4, -0.2) is 25.8 Å². The highest BCUT2D eigenvalue weighted by atomic mass is 32.2. The molecule has 21 heavy (non-hydrogen) atoms. The predicted octanol–water partition coefficient (Wildman–Crippen LogP) is 1.53. The van der Waals surface area contributed by atoms with E-state index in [4.69, 9.17) is 16.3 Å². The van der Waals surface area contributed by atoms with Crippen molar-refractivity contribution in [1.29, 1.82) is 10.5 Å². The van der Waals surface area contributed by atoms with Crippen molar-refractivity contribution >= 4 is 15.7 Å². The van der Waals surface area contributed by atoms with Gasteiger partial charge in [-0.25, -0.2) is 12.8 Å². The summed E-state index contributed by atoms with van der Waals surface area (Å²) in [5.41, 5.74) is 5.38. The molecule has 0 spiro atoms. The first-order valence-electron chi connectivity index (χ1n) is 6.14. The fraction of sp³-hybridized carbons (Fsp3) is 0.385. The molecule has 0 saturated heterocycles. The molecular weight excluding hydrogens is 295 g/mol. The highest BCUT2D eigenvalue weighted by molar-refractivity contribution is 7.89. The molecule has 1 aromatic carbocycles. The third kappa shape index (κ3) is 3.91. The lowest BCUT2D eigenvalue weighted by Crippen LogP contribution is -2.33. The van der Waals surface area contributed by atoms with Crippen LogP contribution < -0.4 is 5.73 Å². The van der Waals surface area contributed by atoms with Gasteiger partial charge in [-0.3, -0.25) is 0 Å². The Balaban J connectivity index is 3.25. The molecule has 6 nitrogen and oxygen atoms in total. The average Bonchev–Trinajstić information content (AvgIpc) is 2.42. The number of hydrogen-bond acceptors (Lipinski definition) is 5. The van der Waals surface area contributed by atoms with Gasteiger partial charge in [0.1, 0.15) is 5.82 Å². The summed E-state index contributed by atoms with van der Waals surface area (Å²) in [6.45, 7) is 1.40. The predicted molar refractivity (Wildman–Crippen MR) is 74.8 cm³/mol. The van der Waals surface area contributed by atoms with Crippen LogP contribution in [0.15, 0.2) is 17.0 Å². The summed E-state index contributed by atoms with van der Waals surface area (Å²) in [7, 11) is -3.93. The minimum Gasteiger partial charge on any atom is -0.396 e. The summed E-state index contributed by atoms with van der Waals surface area (Å²) < 4.78 is 39.5. The first kappa shape index (κ1) is 16.9. The molecule has 0 aromatic heterocycles. The van der Waals surface area contributed by atoms with Crippen LogP contribution >= 0.6 is 0 Å². The molecule has 0 atom stereocenters. The second-order valence-electron chi connectivity index (χ2n) is 4.36. The molecule has 0 heterocycles. The Hall–Kier alpha value is -2.16. The van der Waals surface area contributed by atoms with Gasteiger partial charge < -0.3 is 5.73 Å². The summed E-state index contributed by atoms with van der Waals surface area (Å²) in [5.74, 6) is -0.688. The van der Waals surface area contributed by atoms with Gasteiger partial charge in [0.05, 0.1) is 22.7 Å². The standard InChI is InChI=1S/C13H15FN4O2S/c1-10-8-11(14)12(17)9-13(10)21(19,20)18(6-2-4-15)7-3-5-16/h8-9H,2-3,6-7,17H2,1H3. The SMILES string of the molecule is Cc1cc(F)c(N)cc1S(=O)(=O)N(CCC#N)CCC#N. The Morgan fingerprint density at radius 1 is 1.24 bits per heavy atom. The van der Waals surface area contributed by atoms with Crippen LogP contribution in [0.1, 0.15) is 18.4 Å². The number of aryl methyl sites for hydroxylation is 1. The quantitative estimate of drug-likeness (QED) is 0.801. The number of nitrogen functional groups attached to an aromatic ring is 1.